The number of nitrogens with zero attached hydrogens (tertiary/aromatic N) is 4. The molecule has 19 rings (SSSR count). The van der Waals surface area contributed by atoms with Crippen LogP contribution in [0.15, 0.2) is 108 Å². The quantitative estimate of drug-likeness (QED) is 0.0568. The highest BCUT2D eigenvalue weighted by atomic mass is 35.5. The molecule has 45 heteroatoms. The number of fused-ring (bicyclic) bond motifs is 20. The number of pyridine rings is 2. The van der Waals surface area contributed by atoms with Crippen LogP contribution in [0.5, 0.6) is 51.7 Å². The van der Waals surface area contributed by atoms with Crippen LogP contribution in [0, 0.1) is 5.92 Å². The van der Waals surface area contributed by atoms with Gasteiger partial charge in [-0.25, -0.2) is 19.4 Å². The molecule has 6 aromatic carbocycles. The average molecular weight is 2040 g/mol. The van der Waals surface area contributed by atoms with Gasteiger partial charge >= 0.3 is 18.0 Å². The number of aromatic nitrogens is 2. The summed E-state index contributed by atoms with van der Waals surface area (Å²) in [4.78, 5) is 165. The number of esters is 1. The lowest BCUT2D eigenvalue weighted by molar-refractivity contribution is -0.333. The molecule has 8 aromatic rings. The number of aliphatic carboxylic acids is 1. The van der Waals surface area contributed by atoms with Crippen LogP contribution in [-0.2, 0) is 87.3 Å². The molecule has 144 heavy (non-hydrogen) atoms. The maximum absolute atomic E-state index is 16.0. The van der Waals surface area contributed by atoms with Crippen LogP contribution in [0.3, 0.4) is 0 Å². The minimum Gasteiger partial charge on any atom is -0.508 e. The Hall–Kier alpha value is -13.0. The lowest BCUT2D eigenvalue weighted by atomic mass is 9.86. The number of carbonyl (C=O) groups is 10. The number of nitrogens with two attached hydrogens (primary N) is 2. The number of hydrogen-bond donors (Lipinski definition) is 20. The number of aryl methyl sites for hydroxylation is 1. The number of hydrogen-bond acceptors (Lipinski definition) is 33. The lowest BCUT2D eigenvalue weighted by Crippen LogP contribution is -2.64. The minimum atomic E-state index is -2.35. The Bertz CT molecular complexity index is 6450. The summed E-state index contributed by atoms with van der Waals surface area (Å²) in [5, 5.41) is 143. The maximum atomic E-state index is 16.0. The number of primary amides is 1. The molecule has 11 bridgehead atoms. The number of aromatic hydroxyl groups is 3. The Morgan fingerprint density at radius 3 is 1.99 bits per heavy atom. The number of likely N-dealkylation sites (N-methyl/N-ethyl adjacent to an activating group) is 1. The number of aliphatic hydroxyl groups is 7. The lowest BCUT2D eigenvalue weighted by Gasteiger charge is -2.47. The molecule has 22 N–H and O–H groups in total. The fourth-order valence-electron chi connectivity index (χ4n) is 20.0. The molecule has 0 saturated carbocycles. The second kappa shape index (κ2) is 42.4. The first-order chi connectivity index (χ1) is 68.5. The number of nitrogens with one attached hydrogen (secondary N) is 7. The number of carboxylic acids is 1. The van der Waals surface area contributed by atoms with Crippen LogP contribution in [-0.4, -0.2) is 260 Å². The third-order valence-corrected chi connectivity index (χ3v) is 28.3. The number of amides is 8. The Labute approximate surface area is 832 Å². The van der Waals surface area contributed by atoms with Gasteiger partial charge in [-0.2, -0.15) is 0 Å². The summed E-state index contributed by atoms with van der Waals surface area (Å²) in [5.41, 5.74) is 10.4. The number of rotatable bonds is 17. The van der Waals surface area contributed by atoms with Crippen molar-refractivity contribution in [1.29, 1.82) is 0 Å². The van der Waals surface area contributed by atoms with E-state index in [4.69, 9.17) is 77.5 Å². The summed E-state index contributed by atoms with van der Waals surface area (Å²) in [5.74, 6) is -16.3. The first-order valence-electron chi connectivity index (χ1n) is 47.3. The molecule has 0 radical (unpaired) electrons. The van der Waals surface area contributed by atoms with Crippen molar-refractivity contribution in [2.45, 2.75) is 240 Å². The van der Waals surface area contributed by atoms with Crippen LogP contribution in [0.2, 0.25) is 10.0 Å². The molecule has 11 aliphatic rings. The molecule has 19 atom stereocenters. The Balaban J connectivity index is 0.000000285. The molecule has 0 aliphatic carbocycles. The van der Waals surface area contributed by atoms with Gasteiger partial charge in [0.1, 0.15) is 102 Å². The minimum absolute atomic E-state index is 0.0951. The average Bonchev–Trinajstić information content (AvgIpc) is 1.52. The summed E-state index contributed by atoms with van der Waals surface area (Å²) < 4.78 is 51.0. The van der Waals surface area contributed by atoms with Crippen molar-refractivity contribution in [2.75, 3.05) is 39.8 Å². The summed E-state index contributed by atoms with van der Waals surface area (Å²) in [6.07, 6.45) is -12.3. The first kappa shape index (κ1) is 104. The van der Waals surface area contributed by atoms with E-state index >= 15 is 14.4 Å². The molecule has 4 fully saturated rings. The molecule has 11 aliphatic heterocycles. The van der Waals surface area contributed by atoms with Gasteiger partial charge in [0.2, 0.25) is 53.4 Å². The van der Waals surface area contributed by atoms with Crippen LogP contribution < -0.4 is 73.2 Å². The number of ether oxygens (including phenoxy) is 8. The number of piperidine rings is 2. The predicted molar refractivity (Wildman–Crippen MR) is 509 cm³/mol. The van der Waals surface area contributed by atoms with Crippen molar-refractivity contribution >= 4 is 93.5 Å². The first-order valence-corrected chi connectivity index (χ1v) is 48.0. The summed E-state index contributed by atoms with van der Waals surface area (Å²) in [6, 6.07) is 7.09. The number of phenols is 3. The SMILES string of the molecule is CCc1c2c(nc3ccc(OC(=O)N4CCC(N5CCCCC5)CC4)cc13)-c1cc3c(c(=O)n1C2)COC(=O)[C@]3(O)CC.CN[C@H](CC(C)C)C(=O)N[C@H]1C(=O)N[C@@H](CC(N)=O)C(=O)N[C@H]2C(=O)N[C@H]3C(=O)N[C@H](C(=O)N[C@@H](C(=O)O)c4cc(O)cc(O)c4-c4cc3ccc4O)[C@H](O)c3ccc(c(Cl)c3)Oc3cc2cc(c3O[C@@H]2O[C@H](CO)[C@@H](O)[C@H](O)[C@H]2O[C@H]2C[C@](C)(N)C(O)[C@H](C)O2)Oc2ccc(cc2Cl)[C@H]1O. The number of cyclic esters (lactones) is 1. The van der Waals surface area contributed by atoms with E-state index in [9.17, 15) is 94.5 Å². The molecule has 43 nitrogen and oxygen atoms in total. The predicted octanol–water partition coefficient (Wildman–Crippen LogP) is 4.20. The maximum Gasteiger partial charge on any atom is 0.415 e. The van der Waals surface area contributed by atoms with Crippen molar-refractivity contribution in [3.63, 3.8) is 0 Å². The van der Waals surface area contributed by atoms with E-state index in [2.05, 4.69) is 49.0 Å². The van der Waals surface area contributed by atoms with Crippen LogP contribution in [0.1, 0.15) is 180 Å². The van der Waals surface area contributed by atoms with Gasteiger partial charge in [0.05, 0.1) is 70.3 Å². The van der Waals surface area contributed by atoms with Crippen molar-refractivity contribution < 1.29 is 142 Å². The van der Waals surface area contributed by atoms with Crippen molar-refractivity contribution in [1.82, 2.24) is 56.6 Å². The summed E-state index contributed by atoms with van der Waals surface area (Å²) in [6.45, 7) is 13.3. The second-order valence-electron chi connectivity index (χ2n) is 38.0. The molecule has 2 aromatic heterocycles. The normalized spacial score (nSPS) is 27.3. The van der Waals surface area contributed by atoms with Crippen LogP contribution in [0.25, 0.3) is 33.4 Å². The Kier molecular flexibility index (Phi) is 30.6. The van der Waals surface area contributed by atoms with E-state index in [-0.39, 0.29) is 70.9 Å². The summed E-state index contributed by atoms with van der Waals surface area (Å²) in [7, 11) is 1.47. The van der Waals surface area contributed by atoms with E-state index in [0.29, 0.717) is 60.4 Å². The van der Waals surface area contributed by atoms with Crippen molar-refractivity contribution in [3.8, 4) is 74.3 Å². The second-order valence-corrected chi connectivity index (χ2v) is 38.8. The standard InChI is InChI=1S/C66H75Cl2N9O24.C33H38N4O6/c1-23(2)12-34(71-5)58(88)76-49-51(83)26-7-10-38(32(67)14-26)97-40-16-28-17-41(55(40)101-65-56(54(86)53(85)42(22-78)99-65)100-44-21-66(4,70)57(87)24(3)96-44)98-39-11-8-27(15-33(39)68)52(84)50-63(93)75-48(64(94)95)31-18-29(79)19-37(81)45(31)30-13-25(6-9-36(30)80)46(60(90)77-50)74-61(91)47(28)73-59(89)35(20-43(69)82)72-62(49)92;1-3-22-23-16-21(43-32(40)36-14-10-20(11-15-36)35-12-6-5-7-13-35)8-9-27(23)34-29-24(22)18-37-28(29)17-26-25(30(37)38)19-42-31(39)33(26,41)4-2/h6-11,13-19,23-24,34-35,42,44,46-54,56-57,65,71,78-81,83-87H,12,20-22,70H2,1-5H3,(H2,69,82)(H,72,92)(H,73,89)(H,74,91)(H,75,93)(H,76,88)(H,77,90)(H,94,95);8-9,16-17,20,41H,3-7,10-15,18-19H2,1-2H3/t24-,34+,35-,42+,44-,46+,47+,48+,49+,50-,51+,52+,53+,54-,56+,57?,65-,66-;33-/m00/s1. The van der Waals surface area contributed by atoms with Gasteiger partial charge in [0.25, 0.3) is 5.56 Å². The van der Waals surface area contributed by atoms with Gasteiger partial charge in [0.15, 0.2) is 35.5 Å². The fraction of sp³-hybridized carbons (Fsp3) is 0.455. The van der Waals surface area contributed by atoms with Crippen molar-refractivity contribution in [2.24, 2.45) is 17.4 Å². The van der Waals surface area contributed by atoms with Gasteiger partial charge in [-0.3, -0.25) is 38.4 Å². The molecule has 1 unspecified atom stereocenters. The molecule has 8 amide bonds. The topological polar surface area (TPSA) is 645 Å². The number of carbonyl (C=O) groups excluding carboxylic acids is 9. The Morgan fingerprint density at radius 2 is 1.36 bits per heavy atom. The van der Waals surface area contributed by atoms with Crippen LogP contribution in [0.4, 0.5) is 4.79 Å². The number of aliphatic hydroxyl groups excluding tert-OH is 6. The molecular formula is C99H113Cl2N13O30. The van der Waals surface area contributed by atoms with E-state index < -0.39 is 249 Å². The number of phenolic OH excluding ortho intramolecular Hbond substituents is 3. The number of likely N-dealkylation sites (tertiary alicyclic amines) is 2. The third-order valence-electron chi connectivity index (χ3n) is 27.7. The molecule has 0 spiro atoms. The zero-order valence-corrected chi connectivity index (χ0v) is 80.7. The van der Waals surface area contributed by atoms with E-state index in [1.165, 1.54) is 65.4 Å². The van der Waals surface area contributed by atoms with Gasteiger partial charge in [0, 0.05) is 70.4 Å². The zero-order chi connectivity index (χ0) is 103. The smallest absolute Gasteiger partial charge is 0.415 e. The number of benzene rings is 6. The highest BCUT2D eigenvalue weighted by molar-refractivity contribution is 6.32. The van der Waals surface area contributed by atoms with Gasteiger partial charge in [-0.15, -0.1) is 0 Å². The van der Waals surface area contributed by atoms with E-state index in [0.717, 1.165) is 102 Å². The van der Waals surface area contributed by atoms with Gasteiger partial charge < -0.3 is 157 Å². The largest absolute Gasteiger partial charge is 0.508 e. The van der Waals surface area contributed by atoms with Gasteiger partial charge in [-0.1, -0.05) is 75.5 Å². The van der Waals surface area contributed by atoms with Crippen molar-refractivity contribution in [3.05, 3.63) is 174 Å². The Morgan fingerprint density at radius 1 is 0.708 bits per heavy atom. The monoisotopic (exact) mass is 2030 g/mol. The molecular weight excluding hydrogens is 1920 g/mol. The third kappa shape index (κ3) is 20.9. The summed E-state index contributed by atoms with van der Waals surface area (Å²) >= 11 is 14.1. The van der Waals surface area contributed by atoms with E-state index in [1.807, 2.05) is 30.9 Å². The van der Waals surface area contributed by atoms with Crippen LogP contribution >= 0.6 is 23.2 Å². The number of carboxylic acid groups (broad SMARTS) is 1. The molecule has 13 heterocycles. The fourth-order valence-corrected chi connectivity index (χ4v) is 20.4. The zero-order valence-electron chi connectivity index (χ0n) is 79.2. The van der Waals surface area contributed by atoms with Gasteiger partial charge in [-0.05, 0) is 192 Å². The highest BCUT2D eigenvalue weighted by Crippen LogP contribution is 2.51. The van der Waals surface area contributed by atoms with E-state index in [1.54, 1.807) is 23.6 Å². The molecule has 4 saturated heterocycles. The number of halogens is 2. The molecule has 768 valence electrons. The highest BCUT2D eigenvalue weighted by Gasteiger charge is 2.53.